The number of ether oxygens (including phenoxy) is 2. The van der Waals surface area contributed by atoms with Crippen molar-refractivity contribution >= 4 is 35.7 Å². The average molecular weight is 645 g/mol. The number of esters is 1. The molecule has 3 N–H and O–H groups in total. The first-order valence-electron chi connectivity index (χ1n) is 15.4. The van der Waals surface area contributed by atoms with Crippen LogP contribution < -0.4 is 10.6 Å². The van der Waals surface area contributed by atoms with E-state index in [1.165, 1.54) is 28.5 Å². The molecule has 1 aromatic carbocycles. The van der Waals surface area contributed by atoms with Gasteiger partial charge in [-0.3, -0.25) is 9.59 Å². The number of rotatable bonds is 19. The molecule has 0 saturated heterocycles. The monoisotopic (exact) mass is 644 g/mol. The second-order valence-corrected chi connectivity index (χ2v) is 13.4. The Balaban J connectivity index is 2.68. The number of carbonyl (C=O) groups is 4. The molecule has 2 amide bonds. The molecule has 0 aliphatic rings. The number of carbonyl (C=O) groups excluding carboxylic acids is 3. The first kappa shape index (κ1) is 39.5. The zero-order chi connectivity index (χ0) is 33.8. The Bertz CT molecular complexity index is 1180. The fraction of sp³-hybridized carbons (Fsp3) is 0.543. The van der Waals surface area contributed by atoms with Crippen LogP contribution in [-0.4, -0.2) is 58.2 Å². The number of amides is 2. The van der Waals surface area contributed by atoms with Crippen molar-refractivity contribution in [3.63, 3.8) is 0 Å². The highest BCUT2D eigenvalue weighted by Gasteiger charge is 2.29. The van der Waals surface area contributed by atoms with E-state index in [1.54, 1.807) is 20.8 Å². The summed E-state index contributed by atoms with van der Waals surface area (Å²) in [4.78, 5) is 49.9. The van der Waals surface area contributed by atoms with Crippen molar-refractivity contribution in [3.05, 3.63) is 70.8 Å². The number of hydrogen-bond acceptors (Lipinski definition) is 7. The fourth-order valence-electron chi connectivity index (χ4n) is 3.96. The molecular formula is C35H52N2O7S. The normalized spacial score (nSPS) is 13.3. The molecule has 10 heteroatoms. The first-order valence-corrected chi connectivity index (χ1v) is 16.6. The molecule has 0 bridgehead atoms. The van der Waals surface area contributed by atoms with Crippen LogP contribution in [-0.2, 0) is 30.5 Å². The number of nitrogens with one attached hydrogen (secondary N) is 2. The van der Waals surface area contributed by atoms with Crippen molar-refractivity contribution in [2.45, 2.75) is 111 Å². The number of carboxylic acid groups (broad SMARTS) is 1. The standard InChI is InChI=1S/C35H52N2O7S/c1-25(2)13-11-14-26(3)15-12-16-27(4)21-22-45-24-30(33(40)41)36-32(39)29(37-34(42)44-35(5,6)7)19-20-31(38)43-23-28-17-9-8-10-18-28/h8-10,13,15,17-18,21,29-30H,11-12,14,16,19-20,22-24H2,1-7H3,(H,36,39)(H,37,42)(H,40,41)/b26-15+,27-21+/t29-,30-/m0/s1. The van der Waals surface area contributed by atoms with Crippen LogP contribution in [0.5, 0.6) is 0 Å². The first-order chi connectivity index (χ1) is 21.2. The lowest BCUT2D eigenvalue weighted by Gasteiger charge is -2.24. The lowest BCUT2D eigenvalue weighted by atomic mass is 10.1. The van der Waals surface area contributed by atoms with Gasteiger partial charge in [0.1, 0.15) is 24.3 Å². The van der Waals surface area contributed by atoms with Crippen molar-refractivity contribution in [1.29, 1.82) is 0 Å². The predicted molar refractivity (Wildman–Crippen MR) is 181 cm³/mol. The Labute approximate surface area is 273 Å². The van der Waals surface area contributed by atoms with Crippen molar-refractivity contribution in [3.8, 4) is 0 Å². The fourth-order valence-corrected chi connectivity index (χ4v) is 4.96. The van der Waals surface area contributed by atoms with Gasteiger partial charge >= 0.3 is 18.0 Å². The number of carboxylic acids is 1. The van der Waals surface area contributed by atoms with Gasteiger partial charge in [0, 0.05) is 17.9 Å². The molecule has 45 heavy (non-hydrogen) atoms. The van der Waals surface area contributed by atoms with Gasteiger partial charge in [-0.05, 0) is 86.1 Å². The Morgan fingerprint density at radius 3 is 2.09 bits per heavy atom. The largest absolute Gasteiger partial charge is 0.480 e. The van der Waals surface area contributed by atoms with Crippen molar-refractivity contribution in [1.82, 2.24) is 10.6 Å². The summed E-state index contributed by atoms with van der Waals surface area (Å²) >= 11 is 1.39. The van der Waals surface area contributed by atoms with Crippen LogP contribution in [0.4, 0.5) is 4.79 Å². The lowest BCUT2D eigenvalue weighted by Crippen LogP contribution is -2.53. The van der Waals surface area contributed by atoms with E-state index in [2.05, 4.69) is 56.6 Å². The van der Waals surface area contributed by atoms with E-state index in [9.17, 15) is 24.3 Å². The Hall–Kier alpha value is -3.53. The van der Waals surface area contributed by atoms with E-state index in [0.29, 0.717) is 5.75 Å². The minimum atomic E-state index is -1.20. The molecule has 0 aliphatic heterocycles. The molecule has 1 aromatic rings. The summed E-state index contributed by atoms with van der Waals surface area (Å²) in [7, 11) is 0. The molecular weight excluding hydrogens is 592 g/mol. The number of thioether (sulfide) groups is 1. The third-order valence-corrected chi connectivity index (χ3v) is 7.43. The summed E-state index contributed by atoms with van der Waals surface area (Å²) in [6, 6.07) is 6.78. The summed E-state index contributed by atoms with van der Waals surface area (Å²) < 4.78 is 10.6. The van der Waals surface area contributed by atoms with Gasteiger partial charge in [-0.25, -0.2) is 9.59 Å². The molecule has 1 rings (SSSR count). The van der Waals surface area contributed by atoms with Crippen LogP contribution in [0.1, 0.15) is 92.6 Å². The molecule has 0 unspecified atom stereocenters. The molecule has 250 valence electrons. The van der Waals surface area contributed by atoms with Gasteiger partial charge in [-0.2, -0.15) is 11.8 Å². The van der Waals surface area contributed by atoms with Gasteiger partial charge in [0.25, 0.3) is 0 Å². The van der Waals surface area contributed by atoms with E-state index in [0.717, 1.165) is 31.2 Å². The van der Waals surface area contributed by atoms with Gasteiger partial charge in [-0.1, -0.05) is 65.3 Å². The smallest absolute Gasteiger partial charge is 0.408 e. The SMILES string of the molecule is CC(C)=CCC/C(C)=C/CC/C(C)=C/CSC[C@H](NC(=O)[C@H](CCC(=O)OCc1ccccc1)NC(=O)OC(C)(C)C)C(=O)O. The maximum absolute atomic E-state index is 13.1. The van der Waals surface area contributed by atoms with E-state index in [4.69, 9.17) is 9.47 Å². The molecule has 0 aliphatic carbocycles. The van der Waals surface area contributed by atoms with Crippen molar-refractivity contribution in [2.24, 2.45) is 0 Å². The van der Waals surface area contributed by atoms with Crippen LogP contribution in [0.15, 0.2) is 65.3 Å². The van der Waals surface area contributed by atoms with Gasteiger partial charge in [0.15, 0.2) is 0 Å². The molecule has 0 saturated carbocycles. The summed E-state index contributed by atoms with van der Waals surface area (Å²) in [6.45, 7) is 13.5. The van der Waals surface area contributed by atoms with Crippen molar-refractivity contribution < 1.29 is 33.8 Å². The highest BCUT2D eigenvalue weighted by atomic mass is 32.2. The number of benzene rings is 1. The number of alkyl carbamates (subject to hydrolysis) is 1. The third-order valence-electron chi connectivity index (χ3n) is 6.46. The molecule has 2 atom stereocenters. The van der Waals surface area contributed by atoms with E-state index in [1.807, 2.05) is 30.3 Å². The van der Waals surface area contributed by atoms with Crippen LogP contribution in [0.2, 0.25) is 0 Å². The van der Waals surface area contributed by atoms with Gasteiger partial charge in [0.2, 0.25) is 5.91 Å². The van der Waals surface area contributed by atoms with E-state index < -0.39 is 41.6 Å². The number of allylic oxidation sites excluding steroid dienone is 5. The maximum Gasteiger partial charge on any atom is 0.408 e. The summed E-state index contributed by atoms with van der Waals surface area (Å²) in [5.74, 6) is -1.73. The van der Waals surface area contributed by atoms with Gasteiger partial charge in [0.05, 0.1) is 0 Å². The maximum atomic E-state index is 13.1. The Kier molecular flexibility index (Phi) is 18.6. The minimum absolute atomic E-state index is 0.0786. The summed E-state index contributed by atoms with van der Waals surface area (Å²) in [5, 5.41) is 14.7. The van der Waals surface area contributed by atoms with Crippen LogP contribution in [0.3, 0.4) is 0 Å². The van der Waals surface area contributed by atoms with Crippen molar-refractivity contribution in [2.75, 3.05) is 11.5 Å². The third kappa shape index (κ3) is 20.2. The number of aliphatic carboxylic acids is 1. The quantitative estimate of drug-likeness (QED) is 0.0824. The van der Waals surface area contributed by atoms with Crippen LogP contribution in [0, 0.1) is 0 Å². The molecule has 0 radical (unpaired) electrons. The minimum Gasteiger partial charge on any atom is -0.480 e. The summed E-state index contributed by atoms with van der Waals surface area (Å²) in [5.41, 5.74) is 3.92. The summed E-state index contributed by atoms with van der Waals surface area (Å²) in [6.07, 6.45) is 9.46. The second-order valence-electron chi connectivity index (χ2n) is 12.3. The van der Waals surface area contributed by atoms with Crippen LogP contribution >= 0.6 is 11.8 Å². The second kappa shape index (κ2) is 21.2. The molecule has 0 fully saturated rings. The topological polar surface area (TPSA) is 131 Å². The Morgan fingerprint density at radius 1 is 0.867 bits per heavy atom. The highest BCUT2D eigenvalue weighted by molar-refractivity contribution is 7.99. The molecule has 9 nitrogen and oxygen atoms in total. The highest BCUT2D eigenvalue weighted by Crippen LogP contribution is 2.14. The predicted octanol–water partition coefficient (Wildman–Crippen LogP) is 7.13. The zero-order valence-electron chi connectivity index (χ0n) is 27.9. The molecule has 0 aromatic heterocycles. The van der Waals surface area contributed by atoms with Crippen LogP contribution in [0.25, 0.3) is 0 Å². The van der Waals surface area contributed by atoms with E-state index in [-0.39, 0.29) is 25.2 Å². The van der Waals surface area contributed by atoms with Gasteiger partial charge < -0.3 is 25.2 Å². The van der Waals surface area contributed by atoms with E-state index >= 15 is 0 Å². The molecule has 0 heterocycles. The molecule has 0 spiro atoms. The lowest BCUT2D eigenvalue weighted by molar-refractivity contribution is -0.145. The Morgan fingerprint density at radius 2 is 1.49 bits per heavy atom. The zero-order valence-corrected chi connectivity index (χ0v) is 28.8. The average Bonchev–Trinajstić information content (AvgIpc) is 2.94. The van der Waals surface area contributed by atoms with Gasteiger partial charge in [-0.15, -0.1) is 0 Å². The number of hydrogen-bond donors (Lipinski definition) is 3.